The van der Waals surface area contributed by atoms with Gasteiger partial charge >= 0.3 is 6.09 Å². The number of amides is 1. The van der Waals surface area contributed by atoms with Crippen molar-refractivity contribution >= 4 is 18.3 Å². The van der Waals surface area contributed by atoms with E-state index in [0.29, 0.717) is 23.7 Å². The molecule has 8 heteroatoms. The Morgan fingerprint density at radius 2 is 2.22 bits per heavy atom. The molecule has 32 heavy (non-hydrogen) atoms. The van der Waals surface area contributed by atoms with Crippen LogP contribution in [0.4, 0.5) is 10.7 Å². The highest BCUT2D eigenvalue weighted by Crippen LogP contribution is 2.44. The first-order valence-electron chi connectivity index (χ1n) is 11.2. The minimum absolute atomic E-state index is 0.0194. The van der Waals surface area contributed by atoms with E-state index in [2.05, 4.69) is 30.0 Å². The topological polar surface area (TPSA) is 106 Å². The van der Waals surface area contributed by atoms with E-state index in [0.717, 1.165) is 49.9 Å². The number of hydrogen-bond donors (Lipinski definition) is 1. The van der Waals surface area contributed by atoms with Crippen LogP contribution >= 0.6 is 0 Å². The van der Waals surface area contributed by atoms with Gasteiger partial charge in [0, 0.05) is 29.9 Å². The first kappa shape index (κ1) is 22.1. The molecule has 3 aliphatic rings. The van der Waals surface area contributed by atoms with E-state index in [1.807, 2.05) is 32.3 Å². The molecule has 0 radical (unpaired) electrons. The number of nitriles is 1. The lowest BCUT2D eigenvalue weighted by molar-refractivity contribution is 0.132. The average molecular weight is 438 g/mol. The Kier molecular flexibility index (Phi) is 5.61. The molecule has 1 saturated carbocycles. The van der Waals surface area contributed by atoms with Gasteiger partial charge in [-0.1, -0.05) is 24.6 Å². The van der Waals surface area contributed by atoms with Crippen LogP contribution in [0.2, 0.25) is 0 Å². The van der Waals surface area contributed by atoms with Gasteiger partial charge in [0.25, 0.3) is 0 Å². The van der Waals surface area contributed by atoms with Crippen molar-refractivity contribution in [2.75, 3.05) is 18.0 Å². The highest BCUT2D eigenvalue weighted by molar-refractivity contribution is 5.85. The molecule has 1 amide bonds. The number of fused-ring (bicyclic) bond motifs is 1. The first-order chi connectivity index (χ1) is 15.1. The molecule has 0 bridgehead atoms. The molecule has 1 aromatic heterocycles. The summed E-state index contributed by atoms with van der Waals surface area (Å²) in [6.07, 6.45) is 9.58. The summed E-state index contributed by atoms with van der Waals surface area (Å²) in [4.78, 5) is 20.3. The number of carbonyl (C=O) groups is 1. The van der Waals surface area contributed by atoms with E-state index in [1.165, 1.54) is 4.90 Å². The Morgan fingerprint density at radius 3 is 2.88 bits per heavy atom. The van der Waals surface area contributed by atoms with Gasteiger partial charge in [-0.2, -0.15) is 5.26 Å². The molecule has 1 aliphatic heterocycles. The van der Waals surface area contributed by atoms with E-state index in [9.17, 15) is 15.2 Å². The fourth-order valence-corrected chi connectivity index (χ4v) is 5.34. The predicted octanol–water partition coefficient (Wildman–Crippen LogP) is 4.81. The fraction of sp³-hybridized carbons (Fsp3) is 0.583. The van der Waals surface area contributed by atoms with E-state index in [4.69, 9.17) is 9.52 Å². The molecular formula is C24H31N5O3. The zero-order valence-electron chi connectivity index (χ0n) is 19.3. The zero-order valence-corrected chi connectivity index (χ0v) is 19.3. The molecule has 2 aliphatic carbocycles. The van der Waals surface area contributed by atoms with Crippen LogP contribution < -0.4 is 4.90 Å². The minimum atomic E-state index is -1.01. The van der Waals surface area contributed by atoms with E-state index >= 15 is 0 Å². The van der Waals surface area contributed by atoms with Crippen molar-refractivity contribution in [1.82, 2.24) is 10.1 Å². The maximum absolute atomic E-state index is 12.0. The molecule has 4 rings (SSSR count). The van der Waals surface area contributed by atoms with Crippen molar-refractivity contribution in [3.63, 3.8) is 0 Å². The molecule has 170 valence electrons. The van der Waals surface area contributed by atoms with Crippen LogP contribution in [-0.4, -0.2) is 46.2 Å². The van der Waals surface area contributed by atoms with Gasteiger partial charge in [-0.25, -0.2) is 9.69 Å². The molecule has 1 aromatic rings. The lowest BCUT2D eigenvalue weighted by Crippen LogP contribution is -2.43. The number of anilines is 1. The molecule has 1 fully saturated rings. The lowest BCUT2D eigenvalue weighted by atomic mass is 9.70. The van der Waals surface area contributed by atoms with E-state index in [1.54, 1.807) is 0 Å². The monoisotopic (exact) mass is 437 g/mol. The summed E-state index contributed by atoms with van der Waals surface area (Å²) < 4.78 is 5.34. The van der Waals surface area contributed by atoms with Crippen molar-refractivity contribution in [3.05, 3.63) is 34.7 Å². The van der Waals surface area contributed by atoms with E-state index < -0.39 is 6.09 Å². The number of carboxylic acid groups (broad SMARTS) is 1. The van der Waals surface area contributed by atoms with Gasteiger partial charge in [0.2, 0.25) is 5.88 Å². The quantitative estimate of drug-likeness (QED) is 0.708. The van der Waals surface area contributed by atoms with Gasteiger partial charge in [0.1, 0.15) is 5.54 Å². The second-order valence-corrected chi connectivity index (χ2v) is 10.0. The number of aromatic nitrogens is 1. The third-order valence-electron chi connectivity index (χ3n) is 7.26. The summed E-state index contributed by atoms with van der Waals surface area (Å²) in [5, 5.41) is 23.1. The van der Waals surface area contributed by atoms with Gasteiger partial charge in [-0.05, 0) is 63.9 Å². The lowest BCUT2D eigenvalue weighted by Gasteiger charge is -2.42. The molecule has 0 saturated heterocycles. The van der Waals surface area contributed by atoms with Crippen molar-refractivity contribution in [2.24, 2.45) is 16.3 Å². The Hall–Kier alpha value is -3.08. The van der Waals surface area contributed by atoms with Gasteiger partial charge in [-0.3, -0.25) is 4.99 Å². The molecule has 0 spiro atoms. The molecule has 8 nitrogen and oxygen atoms in total. The van der Waals surface area contributed by atoms with Crippen LogP contribution in [0.3, 0.4) is 0 Å². The van der Waals surface area contributed by atoms with Gasteiger partial charge < -0.3 is 14.5 Å². The number of allylic oxidation sites excluding steroid dienone is 2. The van der Waals surface area contributed by atoms with E-state index in [-0.39, 0.29) is 16.9 Å². The molecule has 2 heterocycles. The third-order valence-corrected chi connectivity index (χ3v) is 7.26. The second-order valence-electron chi connectivity index (χ2n) is 10.0. The molecular weight excluding hydrogens is 406 g/mol. The van der Waals surface area contributed by atoms with Crippen LogP contribution in [0.1, 0.15) is 57.2 Å². The summed E-state index contributed by atoms with van der Waals surface area (Å²) in [5.74, 6) is 0.559. The minimum Gasteiger partial charge on any atom is -0.465 e. The maximum Gasteiger partial charge on any atom is 0.414 e. The van der Waals surface area contributed by atoms with Crippen molar-refractivity contribution in [2.45, 2.75) is 65.3 Å². The van der Waals surface area contributed by atoms with Crippen LogP contribution in [0.5, 0.6) is 0 Å². The number of rotatable bonds is 5. The Balaban J connectivity index is 1.48. The van der Waals surface area contributed by atoms with Crippen molar-refractivity contribution in [1.29, 1.82) is 5.26 Å². The Bertz CT molecular complexity index is 1050. The molecule has 3 atom stereocenters. The van der Waals surface area contributed by atoms with Crippen LogP contribution in [0.15, 0.2) is 32.9 Å². The Labute approximate surface area is 188 Å². The zero-order chi connectivity index (χ0) is 23.1. The number of hydrogen-bond acceptors (Lipinski definition) is 6. The number of aryl methyl sites for hydroxylation is 1. The fourth-order valence-electron chi connectivity index (χ4n) is 5.34. The highest BCUT2D eigenvalue weighted by Gasteiger charge is 2.42. The van der Waals surface area contributed by atoms with Crippen LogP contribution in [0, 0.1) is 36.5 Å². The smallest absolute Gasteiger partial charge is 0.414 e. The summed E-state index contributed by atoms with van der Waals surface area (Å²) in [7, 11) is 0. The SMILES string of the molecule is Cc1noc(N(CC2CCCC(C)(CN3C=NC4(C)CC=C(C#N)C=C34)C2)C(=O)O)c1C. The number of nitrogens with zero attached hydrogens (tertiary/aromatic N) is 5. The normalized spacial score (nSPS) is 29.2. The standard InChI is InChI=1S/C24H31N5O3/c1-16-17(2)27-32-21(16)29(22(30)31)13-19-6-5-8-23(3,11-19)14-28-15-26-24(4)9-7-18(12-25)10-20(24)28/h7,10,15,19H,5-6,8-9,11,13-14H2,1-4H3,(H,30,31). The highest BCUT2D eigenvalue weighted by atomic mass is 16.5. The third kappa shape index (κ3) is 4.04. The van der Waals surface area contributed by atoms with Gasteiger partial charge in [-0.15, -0.1) is 0 Å². The van der Waals surface area contributed by atoms with Crippen molar-refractivity contribution in [3.8, 4) is 6.07 Å². The largest absolute Gasteiger partial charge is 0.465 e. The molecule has 3 unspecified atom stereocenters. The van der Waals surface area contributed by atoms with Crippen LogP contribution in [0.25, 0.3) is 0 Å². The average Bonchev–Trinajstić information content (AvgIpc) is 3.24. The molecule has 0 aromatic carbocycles. The van der Waals surface area contributed by atoms with Gasteiger partial charge in [0.15, 0.2) is 0 Å². The predicted molar refractivity (Wildman–Crippen MR) is 121 cm³/mol. The summed E-state index contributed by atoms with van der Waals surface area (Å²) in [5.41, 5.74) is 2.97. The number of aliphatic imine (C=N–C) groups is 1. The maximum atomic E-state index is 12.0. The van der Waals surface area contributed by atoms with Crippen LogP contribution in [-0.2, 0) is 0 Å². The van der Waals surface area contributed by atoms with Crippen molar-refractivity contribution < 1.29 is 14.4 Å². The summed E-state index contributed by atoms with van der Waals surface area (Å²) in [6, 6.07) is 2.26. The molecule has 1 N–H and O–H groups in total. The van der Waals surface area contributed by atoms with Gasteiger partial charge in [0.05, 0.1) is 18.1 Å². The Morgan fingerprint density at radius 1 is 1.44 bits per heavy atom. The summed E-state index contributed by atoms with van der Waals surface area (Å²) >= 11 is 0. The second kappa shape index (κ2) is 8.12. The summed E-state index contributed by atoms with van der Waals surface area (Å²) in [6.45, 7) is 9.25. The first-order valence-corrected chi connectivity index (χ1v) is 11.2.